The lowest BCUT2D eigenvalue weighted by atomic mass is 10.1. The lowest BCUT2D eigenvalue weighted by Gasteiger charge is -1.94. The van der Waals surface area contributed by atoms with E-state index < -0.39 is 20.2 Å². The van der Waals surface area contributed by atoms with Gasteiger partial charge in [-0.2, -0.15) is 16.8 Å². The molecule has 0 fully saturated rings. The van der Waals surface area contributed by atoms with Gasteiger partial charge in [0.2, 0.25) is 0 Å². The van der Waals surface area contributed by atoms with Gasteiger partial charge in [-0.05, 0) is 58.0 Å². The molecular weight excluding hydrogens is 304 g/mol. The SMILES string of the molecule is O=S(=O)(O)C1=Cc2cc3c(cc2=C1)C=C(S(=O)(=O)O)C=3. The highest BCUT2D eigenvalue weighted by atomic mass is 32.2. The molecule has 1 aromatic carbocycles. The van der Waals surface area contributed by atoms with Crippen molar-refractivity contribution in [1.82, 2.24) is 0 Å². The molecule has 0 atom stereocenters. The standard InChI is InChI=1S/C12H8O6S2/c13-19(14,15)11-3-7-1-8-4-12(20(16,17)18)6-10(8)2-9(7)5-11/h1-6H,(H,13,14,15)(H,16,17,18). The Bertz CT molecular complexity index is 938. The second-order valence-corrected chi connectivity index (χ2v) is 7.29. The molecule has 0 aromatic heterocycles. The van der Waals surface area contributed by atoms with Crippen LogP contribution in [0.3, 0.4) is 0 Å². The zero-order valence-corrected chi connectivity index (χ0v) is 11.4. The van der Waals surface area contributed by atoms with Crippen molar-refractivity contribution in [2.24, 2.45) is 0 Å². The van der Waals surface area contributed by atoms with Gasteiger partial charge in [0.1, 0.15) is 0 Å². The van der Waals surface area contributed by atoms with Gasteiger partial charge < -0.3 is 0 Å². The van der Waals surface area contributed by atoms with Gasteiger partial charge >= 0.3 is 0 Å². The van der Waals surface area contributed by atoms with Crippen LogP contribution >= 0.6 is 0 Å². The van der Waals surface area contributed by atoms with Crippen molar-refractivity contribution in [3.8, 4) is 0 Å². The molecule has 6 nitrogen and oxygen atoms in total. The summed E-state index contributed by atoms with van der Waals surface area (Å²) >= 11 is 0. The highest BCUT2D eigenvalue weighted by Gasteiger charge is 2.19. The minimum atomic E-state index is -4.27. The van der Waals surface area contributed by atoms with E-state index in [9.17, 15) is 16.8 Å². The molecule has 2 aliphatic rings. The fourth-order valence-electron chi connectivity index (χ4n) is 2.16. The van der Waals surface area contributed by atoms with E-state index >= 15 is 0 Å². The Kier molecular flexibility index (Phi) is 2.58. The summed E-state index contributed by atoms with van der Waals surface area (Å²) in [5.74, 6) is 0. The fourth-order valence-corrected chi connectivity index (χ4v) is 3.27. The molecule has 0 aliphatic heterocycles. The molecule has 1 aromatic rings. The van der Waals surface area contributed by atoms with Crippen molar-refractivity contribution in [3.05, 3.63) is 43.5 Å². The summed E-state index contributed by atoms with van der Waals surface area (Å²) in [4.78, 5) is -0.426. The van der Waals surface area contributed by atoms with Crippen molar-refractivity contribution in [1.29, 1.82) is 0 Å². The quantitative estimate of drug-likeness (QED) is 0.728. The monoisotopic (exact) mass is 312 g/mol. The van der Waals surface area contributed by atoms with E-state index in [0.717, 1.165) is 0 Å². The van der Waals surface area contributed by atoms with Crippen LogP contribution in [-0.4, -0.2) is 25.9 Å². The van der Waals surface area contributed by atoms with Crippen LogP contribution in [0.25, 0.3) is 24.3 Å². The van der Waals surface area contributed by atoms with Crippen molar-refractivity contribution in [2.45, 2.75) is 0 Å². The highest BCUT2D eigenvalue weighted by Crippen LogP contribution is 2.19. The molecule has 3 rings (SSSR count). The van der Waals surface area contributed by atoms with Crippen molar-refractivity contribution in [2.75, 3.05) is 0 Å². The molecule has 0 unspecified atom stereocenters. The number of rotatable bonds is 2. The van der Waals surface area contributed by atoms with E-state index in [4.69, 9.17) is 9.11 Å². The van der Waals surface area contributed by atoms with Crippen LogP contribution < -0.4 is 10.4 Å². The van der Waals surface area contributed by atoms with Crippen molar-refractivity contribution >= 4 is 44.5 Å². The number of hydrogen-bond acceptors (Lipinski definition) is 4. The summed E-state index contributed by atoms with van der Waals surface area (Å²) in [5.41, 5.74) is 1.11. The molecule has 0 heterocycles. The van der Waals surface area contributed by atoms with Crippen LogP contribution in [0.1, 0.15) is 11.1 Å². The first kappa shape index (κ1) is 13.3. The molecule has 0 spiro atoms. The normalized spacial score (nSPS) is 16.7. The predicted octanol–water partition coefficient (Wildman–Crippen LogP) is -0.268. The summed E-state index contributed by atoms with van der Waals surface area (Å²) in [7, 11) is -8.55. The van der Waals surface area contributed by atoms with Gasteiger partial charge in [0.15, 0.2) is 0 Å². The molecule has 0 saturated carbocycles. The molecule has 20 heavy (non-hydrogen) atoms. The van der Waals surface area contributed by atoms with Gasteiger partial charge in [-0.3, -0.25) is 9.11 Å². The third-order valence-corrected chi connectivity index (χ3v) is 4.74. The number of allylic oxidation sites excluding steroid dienone is 2. The maximum Gasteiger partial charge on any atom is 0.294 e. The minimum absolute atomic E-state index is 0.213. The first-order valence-electron chi connectivity index (χ1n) is 5.40. The third-order valence-electron chi connectivity index (χ3n) is 3.08. The second kappa shape index (κ2) is 3.89. The van der Waals surface area contributed by atoms with Gasteiger partial charge in [0, 0.05) is 0 Å². The maximum absolute atomic E-state index is 11.1. The Morgan fingerprint density at radius 1 is 0.650 bits per heavy atom. The Morgan fingerprint density at radius 2 is 1.00 bits per heavy atom. The average molecular weight is 312 g/mol. The molecule has 104 valence electrons. The highest BCUT2D eigenvalue weighted by molar-refractivity contribution is 7.90. The Balaban J connectivity index is 2.20. The van der Waals surface area contributed by atoms with Crippen LogP contribution in [-0.2, 0) is 20.2 Å². The molecule has 0 radical (unpaired) electrons. The largest absolute Gasteiger partial charge is 0.294 e. The third kappa shape index (κ3) is 2.12. The first-order chi connectivity index (χ1) is 9.14. The summed E-state index contributed by atoms with van der Waals surface area (Å²) < 4.78 is 62.2. The molecule has 8 heteroatoms. The summed E-state index contributed by atoms with van der Waals surface area (Å²) in [6.07, 6.45) is 5.18. The van der Waals surface area contributed by atoms with Crippen LogP contribution in [0.4, 0.5) is 0 Å². The maximum atomic E-state index is 11.1. The molecule has 0 saturated heterocycles. The van der Waals surface area contributed by atoms with Gasteiger partial charge in [0.05, 0.1) is 9.81 Å². The topological polar surface area (TPSA) is 109 Å². The Hall–Kier alpha value is -1.74. The molecule has 0 bridgehead atoms. The summed E-state index contributed by atoms with van der Waals surface area (Å²) in [5, 5.41) is 1.11. The van der Waals surface area contributed by atoms with Crippen LogP contribution in [0.5, 0.6) is 0 Å². The van der Waals surface area contributed by atoms with E-state index in [-0.39, 0.29) is 9.81 Å². The number of benzene rings is 1. The minimum Gasteiger partial charge on any atom is -0.282 e. The summed E-state index contributed by atoms with van der Waals surface area (Å²) in [6.45, 7) is 0. The van der Waals surface area contributed by atoms with E-state index in [2.05, 4.69) is 0 Å². The number of hydrogen-bond donors (Lipinski definition) is 2. The van der Waals surface area contributed by atoms with Crippen molar-refractivity contribution < 1.29 is 25.9 Å². The lowest BCUT2D eigenvalue weighted by molar-refractivity contribution is 0.490. The van der Waals surface area contributed by atoms with Gasteiger partial charge in [-0.15, -0.1) is 0 Å². The Morgan fingerprint density at radius 3 is 1.30 bits per heavy atom. The molecule has 2 N–H and O–H groups in total. The average Bonchev–Trinajstić information content (AvgIpc) is 2.85. The molecule has 0 amide bonds. The van der Waals surface area contributed by atoms with E-state index in [1.165, 1.54) is 24.3 Å². The summed E-state index contributed by atoms with van der Waals surface area (Å²) in [6, 6.07) is 3.18. The zero-order chi connectivity index (χ0) is 14.7. The smallest absolute Gasteiger partial charge is 0.282 e. The van der Waals surface area contributed by atoms with E-state index in [1.807, 2.05) is 0 Å². The van der Waals surface area contributed by atoms with E-state index in [1.54, 1.807) is 12.1 Å². The predicted molar refractivity (Wildman–Crippen MR) is 73.7 cm³/mol. The van der Waals surface area contributed by atoms with Gasteiger partial charge in [0.25, 0.3) is 20.2 Å². The van der Waals surface area contributed by atoms with Crippen molar-refractivity contribution in [3.63, 3.8) is 0 Å². The Labute approximate surface area is 114 Å². The van der Waals surface area contributed by atoms with Crippen LogP contribution in [0.2, 0.25) is 0 Å². The molecular formula is C12H8O6S2. The first-order valence-corrected chi connectivity index (χ1v) is 8.28. The lowest BCUT2D eigenvalue weighted by Crippen LogP contribution is -2.12. The zero-order valence-electron chi connectivity index (χ0n) is 9.81. The van der Waals surface area contributed by atoms with Gasteiger partial charge in [-0.1, -0.05) is 0 Å². The van der Waals surface area contributed by atoms with Gasteiger partial charge in [-0.25, -0.2) is 0 Å². The van der Waals surface area contributed by atoms with Crippen LogP contribution in [0, 0.1) is 0 Å². The fraction of sp³-hybridized carbons (Fsp3) is 0. The number of fused-ring (bicyclic) bond motifs is 2. The molecule has 2 aliphatic carbocycles. The van der Waals surface area contributed by atoms with Crippen LogP contribution in [0.15, 0.2) is 21.9 Å². The second-order valence-electron chi connectivity index (χ2n) is 4.44. The van der Waals surface area contributed by atoms with E-state index in [0.29, 0.717) is 21.6 Å².